The highest BCUT2D eigenvalue weighted by atomic mass is 19.1. The molecular weight excluding hydrogens is 261 g/mol. The molecule has 0 aromatic rings. The normalized spacial score (nSPS) is 28.9. The Morgan fingerprint density at radius 3 is 2.50 bits per heavy atom. The Labute approximate surface area is 119 Å². The molecule has 0 radical (unpaired) electrons. The van der Waals surface area contributed by atoms with Crippen LogP contribution in [-0.4, -0.2) is 49.6 Å². The number of rotatable bonds is 5. The van der Waals surface area contributed by atoms with E-state index in [1.807, 2.05) is 4.90 Å². The summed E-state index contributed by atoms with van der Waals surface area (Å²) in [6.45, 7) is 2.71. The summed E-state index contributed by atoms with van der Waals surface area (Å²) in [7, 11) is 0. The number of nitrogens with zero attached hydrogens (tertiary/aromatic N) is 1. The predicted octanol–water partition coefficient (Wildman–Crippen LogP) is 1.97. The first-order valence-corrected chi connectivity index (χ1v) is 7.66. The Bertz CT molecular complexity index is 323. The first-order valence-electron chi connectivity index (χ1n) is 7.66. The van der Waals surface area contributed by atoms with E-state index in [0.717, 1.165) is 32.1 Å². The number of ether oxygens (including phenoxy) is 1. The SMILES string of the molecule is O=CC(F)CCC1CCC(C(=O)N2CCOCC2)CC1. The van der Waals surface area contributed by atoms with Gasteiger partial charge in [-0.15, -0.1) is 0 Å². The highest BCUT2D eigenvalue weighted by Crippen LogP contribution is 2.33. The molecule has 1 heterocycles. The summed E-state index contributed by atoms with van der Waals surface area (Å²) in [6.07, 6.45) is 3.92. The summed E-state index contributed by atoms with van der Waals surface area (Å²) in [5.41, 5.74) is 0. The molecule has 0 bridgehead atoms. The molecule has 1 aliphatic heterocycles. The van der Waals surface area contributed by atoms with E-state index in [0.29, 0.717) is 44.9 Å². The maximum Gasteiger partial charge on any atom is 0.225 e. The van der Waals surface area contributed by atoms with Gasteiger partial charge in [-0.25, -0.2) is 4.39 Å². The van der Waals surface area contributed by atoms with Crippen molar-refractivity contribution < 1.29 is 18.7 Å². The van der Waals surface area contributed by atoms with E-state index < -0.39 is 6.17 Å². The Balaban J connectivity index is 1.70. The van der Waals surface area contributed by atoms with Gasteiger partial charge in [0.05, 0.1) is 13.2 Å². The number of alkyl halides is 1. The molecule has 0 aromatic heterocycles. The third-order valence-corrected chi connectivity index (χ3v) is 4.52. The molecule has 1 aliphatic carbocycles. The number of halogens is 1. The first kappa shape index (κ1) is 15.4. The standard InChI is InChI=1S/C15H24FNO3/c16-14(11-18)6-3-12-1-4-13(5-2-12)15(19)17-7-9-20-10-8-17/h11-14H,1-10H2. The van der Waals surface area contributed by atoms with Crippen molar-refractivity contribution in [2.75, 3.05) is 26.3 Å². The van der Waals surface area contributed by atoms with Gasteiger partial charge in [0.15, 0.2) is 12.5 Å². The maximum absolute atomic E-state index is 12.9. The van der Waals surface area contributed by atoms with E-state index in [9.17, 15) is 14.0 Å². The number of carbonyl (C=O) groups excluding carboxylic acids is 2. The Hall–Kier alpha value is -0.970. The van der Waals surface area contributed by atoms with E-state index in [1.165, 1.54) is 0 Å². The summed E-state index contributed by atoms with van der Waals surface area (Å²) >= 11 is 0. The topological polar surface area (TPSA) is 46.6 Å². The van der Waals surface area contributed by atoms with E-state index in [-0.39, 0.29) is 11.8 Å². The minimum atomic E-state index is -1.32. The number of amides is 1. The lowest BCUT2D eigenvalue weighted by Gasteiger charge is -2.34. The summed E-state index contributed by atoms with van der Waals surface area (Å²) in [5.74, 6) is 0.876. The van der Waals surface area contributed by atoms with E-state index >= 15 is 0 Å². The molecular formula is C15H24FNO3. The number of carbonyl (C=O) groups is 2. The van der Waals surface area contributed by atoms with Gasteiger partial charge in [0.1, 0.15) is 0 Å². The van der Waals surface area contributed by atoms with Crippen LogP contribution in [0.1, 0.15) is 38.5 Å². The van der Waals surface area contributed by atoms with Crippen LogP contribution in [0.2, 0.25) is 0 Å². The lowest BCUT2D eigenvalue weighted by molar-refractivity contribution is -0.141. The van der Waals surface area contributed by atoms with E-state index in [4.69, 9.17) is 4.74 Å². The maximum atomic E-state index is 12.9. The third kappa shape index (κ3) is 4.27. The van der Waals surface area contributed by atoms with Gasteiger partial charge in [-0.05, 0) is 44.4 Å². The average molecular weight is 285 g/mol. The molecule has 1 amide bonds. The lowest BCUT2D eigenvalue weighted by atomic mass is 9.79. The molecule has 1 atom stereocenters. The Morgan fingerprint density at radius 2 is 1.90 bits per heavy atom. The highest BCUT2D eigenvalue weighted by molar-refractivity contribution is 5.79. The van der Waals surface area contributed by atoms with Gasteiger partial charge in [-0.3, -0.25) is 4.79 Å². The van der Waals surface area contributed by atoms with Crippen molar-refractivity contribution in [1.82, 2.24) is 4.90 Å². The summed E-state index contributed by atoms with van der Waals surface area (Å²) < 4.78 is 18.2. The van der Waals surface area contributed by atoms with Gasteiger partial charge in [0.25, 0.3) is 0 Å². The van der Waals surface area contributed by atoms with Crippen molar-refractivity contribution >= 4 is 12.2 Å². The quantitative estimate of drug-likeness (QED) is 0.726. The fourth-order valence-corrected chi connectivity index (χ4v) is 3.20. The lowest BCUT2D eigenvalue weighted by Crippen LogP contribution is -2.44. The molecule has 2 fully saturated rings. The number of hydrogen-bond acceptors (Lipinski definition) is 3. The minimum absolute atomic E-state index is 0.136. The van der Waals surface area contributed by atoms with Crippen LogP contribution in [0.5, 0.6) is 0 Å². The molecule has 1 unspecified atom stereocenters. The molecule has 0 N–H and O–H groups in total. The third-order valence-electron chi connectivity index (χ3n) is 4.52. The van der Waals surface area contributed by atoms with Crippen LogP contribution in [0.25, 0.3) is 0 Å². The van der Waals surface area contributed by atoms with Crippen LogP contribution in [0.4, 0.5) is 4.39 Å². The number of aldehydes is 1. The number of morpholine rings is 1. The van der Waals surface area contributed by atoms with Gasteiger partial charge < -0.3 is 14.4 Å². The molecule has 1 saturated heterocycles. The molecule has 114 valence electrons. The zero-order valence-corrected chi connectivity index (χ0v) is 11.9. The molecule has 2 aliphatic rings. The second-order valence-corrected chi connectivity index (χ2v) is 5.88. The van der Waals surface area contributed by atoms with Crippen molar-refractivity contribution in [3.05, 3.63) is 0 Å². The molecule has 0 aromatic carbocycles. The van der Waals surface area contributed by atoms with Crippen molar-refractivity contribution in [2.45, 2.75) is 44.7 Å². The van der Waals surface area contributed by atoms with Crippen molar-refractivity contribution in [2.24, 2.45) is 11.8 Å². The van der Waals surface area contributed by atoms with Gasteiger partial charge in [-0.2, -0.15) is 0 Å². The van der Waals surface area contributed by atoms with Crippen molar-refractivity contribution in [1.29, 1.82) is 0 Å². The molecule has 5 heteroatoms. The number of hydrogen-bond donors (Lipinski definition) is 0. The Morgan fingerprint density at radius 1 is 1.25 bits per heavy atom. The first-order chi connectivity index (χ1) is 9.70. The van der Waals surface area contributed by atoms with Crippen LogP contribution < -0.4 is 0 Å². The van der Waals surface area contributed by atoms with E-state index in [1.54, 1.807) is 0 Å². The summed E-state index contributed by atoms with van der Waals surface area (Å²) in [6, 6.07) is 0. The van der Waals surface area contributed by atoms with Gasteiger partial charge in [0.2, 0.25) is 5.91 Å². The summed E-state index contributed by atoms with van der Waals surface area (Å²) in [4.78, 5) is 24.5. The minimum Gasteiger partial charge on any atom is -0.378 e. The van der Waals surface area contributed by atoms with Crippen LogP contribution in [0.3, 0.4) is 0 Å². The molecule has 20 heavy (non-hydrogen) atoms. The predicted molar refractivity (Wildman–Crippen MR) is 73.0 cm³/mol. The summed E-state index contributed by atoms with van der Waals surface area (Å²) in [5, 5.41) is 0. The van der Waals surface area contributed by atoms with Crippen molar-refractivity contribution in [3.8, 4) is 0 Å². The Kier molecular flexibility index (Phi) is 5.95. The largest absolute Gasteiger partial charge is 0.378 e. The fraction of sp³-hybridized carbons (Fsp3) is 0.867. The van der Waals surface area contributed by atoms with Gasteiger partial charge in [-0.1, -0.05) is 0 Å². The van der Waals surface area contributed by atoms with Crippen LogP contribution in [0.15, 0.2) is 0 Å². The van der Waals surface area contributed by atoms with Gasteiger partial charge >= 0.3 is 0 Å². The van der Waals surface area contributed by atoms with E-state index in [2.05, 4.69) is 0 Å². The fourth-order valence-electron chi connectivity index (χ4n) is 3.20. The zero-order chi connectivity index (χ0) is 14.4. The van der Waals surface area contributed by atoms with Crippen molar-refractivity contribution in [3.63, 3.8) is 0 Å². The average Bonchev–Trinajstić information content (AvgIpc) is 2.53. The zero-order valence-electron chi connectivity index (χ0n) is 11.9. The molecule has 4 nitrogen and oxygen atoms in total. The second-order valence-electron chi connectivity index (χ2n) is 5.88. The van der Waals surface area contributed by atoms with Crippen LogP contribution in [-0.2, 0) is 14.3 Å². The molecule has 2 rings (SSSR count). The highest BCUT2D eigenvalue weighted by Gasteiger charge is 2.30. The molecule has 0 spiro atoms. The molecule has 1 saturated carbocycles. The van der Waals surface area contributed by atoms with Crippen LogP contribution in [0, 0.1) is 11.8 Å². The second kappa shape index (κ2) is 7.72. The van der Waals surface area contributed by atoms with Gasteiger partial charge in [0, 0.05) is 19.0 Å². The smallest absolute Gasteiger partial charge is 0.225 e. The van der Waals surface area contributed by atoms with Crippen LogP contribution >= 0.6 is 0 Å². The monoisotopic (exact) mass is 285 g/mol.